The molecule has 0 saturated carbocycles. The number of hydrogen-bond acceptors (Lipinski definition) is 1. The van der Waals surface area contributed by atoms with Crippen LogP contribution in [0.2, 0.25) is 5.15 Å². The summed E-state index contributed by atoms with van der Waals surface area (Å²) in [5.74, 6) is -0.252. The van der Waals surface area contributed by atoms with Crippen LogP contribution in [0.3, 0.4) is 0 Å². The summed E-state index contributed by atoms with van der Waals surface area (Å²) in [6.45, 7) is 1.91. The van der Waals surface area contributed by atoms with Gasteiger partial charge in [0.25, 0.3) is 0 Å². The van der Waals surface area contributed by atoms with Crippen LogP contribution >= 0.6 is 11.6 Å². The predicted molar refractivity (Wildman–Crippen MR) is 65.2 cm³/mol. The highest BCUT2D eigenvalue weighted by atomic mass is 35.5. The molecule has 4 heteroatoms. The first-order valence-corrected chi connectivity index (χ1v) is 5.57. The maximum atomic E-state index is 13.7. The molecule has 2 aromatic rings. The highest BCUT2D eigenvalue weighted by Gasteiger charge is 2.16. The highest BCUT2D eigenvalue weighted by molar-refractivity contribution is 6.32. The molecule has 2 N–H and O–H groups in total. The van der Waals surface area contributed by atoms with Gasteiger partial charge in [-0.25, -0.2) is 4.39 Å². The van der Waals surface area contributed by atoms with E-state index in [1.807, 2.05) is 13.0 Å². The topological polar surface area (TPSA) is 30.9 Å². The van der Waals surface area contributed by atoms with E-state index in [9.17, 15) is 4.39 Å². The Morgan fingerprint density at radius 2 is 2.19 bits per heavy atom. The van der Waals surface area contributed by atoms with Gasteiger partial charge in [-0.3, -0.25) is 0 Å². The molecule has 1 heterocycles. The monoisotopic (exact) mass is 240 g/mol. The van der Waals surface area contributed by atoms with Crippen molar-refractivity contribution in [2.45, 2.75) is 19.4 Å². The van der Waals surface area contributed by atoms with E-state index in [-0.39, 0.29) is 11.9 Å². The van der Waals surface area contributed by atoms with Crippen LogP contribution in [-0.2, 0) is 13.5 Å². The minimum absolute atomic E-state index is 0.00590. The third-order valence-electron chi connectivity index (χ3n) is 2.72. The summed E-state index contributed by atoms with van der Waals surface area (Å²) in [5.41, 5.74) is 7.24. The number of halogens is 2. The third-order valence-corrected chi connectivity index (χ3v) is 3.20. The fraction of sp³-hybridized carbons (Fsp3) is 0.333. The lowest BCUT2D eigenvalue weighted by Gasteiger charge is -2.04. The molecule has 1 atom stereocenters. The van der Waals surface area contributed by atoms with Gasteiger partial charge in [-0.05, 0) is 25.0 Å². The largest absolute Gasteiger partial charge is 0.332 e. The standard InChI is InChI=1S/C12H14ClFN2/c1-7(15)6-9-8-4-3-5-10(14)11(8)16(2)12(9)13/h3-5,7H,6,15H2,1-2H3. The van der Waals surface area contributed by atoms with Crippen LogP contribution in [0.5, 0.6) is 0 Å². The molecular formula is C12H14ClFN2. The van der Waals surface area contributed by atoms with Gasteiger partial charge in [-0.15, -0.1) is 0 Å². The molecule has 1 aromatic carbocycles. The Bertz CT molecular complexity index is 531. The molecule has 16 heavy (non-hydrogen) atoms. The first-order chi connectivity index (χ1) is 7.52. The average Bonchev–Trinajstić information content (AvgIpc) is 2.44. The van der Waals surface area contributed by atoms with Gasteiger partial charge in [0.1, 0.15) is 11.0 Å². The van der Waals surface area contributed by atoms with Gasteiger partial charge in [0.2, 0.25) is 0 Å². The second-order valence-corrected chi connectivity index (χ2v) is 4.50. The molecular weight excluding hydrogens is 227 g/mol. The van der Waals surface area contributed by atoms with Crippen molar-refractivity contribution in [3.63, 3.8) is 0 Å². The molecule has 0 fully saturated rings. The number of hydrogen-bond donors (Lipinski definition) is 1. The van der Waals surface area contributed by atoms with Crippen LogP contribution in [0.25, 0.3) is 10.9 Å². The van der Waals surface area contributed by atoms with Crippen LogP contribution in [0.1, 0.15) is 12.5 Å². The molecule has 2 rings (SSSR count). The first kappa shape index (κ1) is 11.4. The summed E-state index contributed by atoms with van der Waals surface area (Å²) in [7, 11) is 1.76. The Balaban J connectivity index is 2.74. The number of aryl methyl sites for hydroxylation is 1. The quantitative estimate of drug-likeness (QED) is 0.860. The van der Waals surface area contributed by atoms with Crippen molar-refractivity contribution in [3.8, 4) is 0 Å². The van der Waals surface area contributed by atoms with Crippen LogP contribution in [0, 0.1) is 5.82 Å². The molecule has 0 saturated heterocycles. The van der Waals surface area contributed by atoms with Crippen molar-refractivity contribution < 1.29 is 4.39 Å². The van der Waals surface area contributed by atoms with E-state index in [2.05, 4.69) is 0 Å². The van der Waals surface area contributed by atoms with Gasteiger partial charge in [0, 0.05) is 18.5 Å². The lowest BCUT2D eigenvalue weighted by Crippen LogP contribution is -2.17. The maximum Gasteiger partial charge on any atom is 0.147 e. The predicted octanol–water partition coefficient (Wildman–Crippen LogP) is 2.86. The van der Waals surface area contributed by atoms with Crippen LogP contribution in [0.15, 0.2) is 18.2 Å². The van der Waals surface area contributed by atoms with E-state index in [1.54, 1.807) is 17.7 Å². The van der Waals surface area contributed by atoms with E-state index >= 15 is 0 Å². The number of nitrogens with zero attached hydrogens (tertiary/aromatic N) is 1. The van der Waals surface area contributed by atoms with Crippen molar-refractivity contribution in [1.29, 1.82) is 0 Å². The van der Waals surface area contributed by atoms with Gasteiger partial charge in [-0.1, -0.05) is 23.7 Å². The second kappa shape index (κ2) is 4.07. The Hall–Kier alpha value is -1.06. The summed E-state index contributed by atoms with van der Waals surface area (Å²) >= 11 is 6.19. The van der Waals surface area contributed by atoms with E-state index in [4.69, 9.17) is 17.3 Å². The van der Waals surface area contributed by atoms with E-state index in [0.717, 1.165) is 10.9 Å². The summed E-state index contributed by atoms with van der Waals surface area (Å²) < 4.78 is 15.3. The summed E-state index contributed by atoms with van der Waals surface area (Å²) in [4.78, 5) is 0. The molecule has 1 aromatic heterocycles. The Labute approximate surface area is 98.8 Å². The van der Waals surface area contributed by atoms with Crippen molar-refractivity contribution in [2.75, 3.05) is 0 Å². The number of para-hydroxylation sites is 1. The minimum atomic E-state index is -0.252. The number of benzene rings is 1. The van der Waals surface area contributed by atoms with Gasteiger partial charge in [-0.2, -0.15) is 0 Å². The molecule has 0 bridgehead atoms. The zero-order chi connectivity index (χ0) is 11.9. The lowest BCUT2D eigenvalue weighted by atomic mass is 10.1. The average molecular weight is 241 g/mol. The molecule has 0 aliphatic rings. The van der Waals surface area contributed by atoms with Crippen molar-refractivity contribution in [3.05, 3.63) is 34.7 Å². The number of aromatic nitrogens is 1. The van der Waals surface area contributed by atoms with Gasteiger partial charge in [0.15, 0.2) is 0 Å². The summed E-state index contributed by atoms with van der Waals surface area (Å²) in [6, 6.07) is 5.01. The third kappa shape index (κ3) is 1.70. The Kier molecular flexibility index (Phi) is 2.91. The normalized spacial score (nSPS) is 13.3. The van der Waals surface area contributed by atoms with E-state index < -0.39 is 0 Å². The fourth-order valence-corrected chi connectivity index (χ4v) is 2.29. The lowest BCUT2D eigenvalue weighted by molar-refractivity contribution is 0.632. The molecule has 1 unspecified atom stereocenters. The number of fused-ring (bicyclic) bond motifs is 1. The number of rotatable bonds is 2. The van der Waals surface area contributed by atoms with Crippen LogP contribution in [-0.4, -0.2) is 10.6 Å². The molecule has 86 valence electrons. The smallest absolute Gasteiger partial charge is 0.147 e. The second-order valence-electron chi connectivity index (χ2n) is 4.15. The molecule has 0 amide bonds. The SMILES string of the molecule is CC(N)Cc1c(Cl)n(C)c2c(F)cccc12. The molecule has 2 nitrogen and oxygen atoms in total. The van der Waals surface area contributed by atoms with Crippen molar-refractivity contribution in [1.82, 2.24) is 4.57 Å². The van der Waals surface area contributed by atoms with E-state index in [1.165, 1.54) is 6.07 Å². The maximum absolute atomic E-state index is 13.7. The minimum Gasteiger partial charge on any atom is -0.332 e. The van der Waals surface area contributed by atoms with Gasteiger partial charge in [0.05, 0.1) is 5.52 Å². The fourth-order valence-electron chi connectivity index (χ4n) is 2.03. The first-order valence-electron chi connectivity index (χ1n) is 5.19. The van der Waals surface area contributed by atoms with Gasteiger partial charge >= 0.3 is 0 Å². The highest BCUT2D eigenvalue weighted by Crippen LogP contribution is 2.31. The van der Waals surface area contributed by atoms with Crippen LogP contribution < -0.4 is 5.73 Å². The molecule has 0 aliphatic heterocycles. The van der Waals surface area contributed by atoms with Crippen LogP contribution in [0.4, 0.5) is 4.39 Å². The Morgan fingerprint density at radius 1 is 1.50 bits per heavy atom. The molecule has 0 radical (unpaired) electrons. The van der Waals surface area contributed by atoms with Crippen molar-refractivity contribution >= 4 is 22.5 Å². The Morgan fingerprint density at radius 3 is 2.81 bits per heavy atom. The summed E-state index contributed by atoms with van der Waals surface area (Å²) in [6.07, 6.45) is 0.652. The molecule has 0 aliphatic carbocycles. The summed E-state index contributed by atoms with van der Waals surface area (Å²) in [5, 5.41) is 1.42. The van der Waals surface area contributed by atoms with Crippen molar-refractivity contribution in [2.24, 2.45) is 12.8 Å². The number of nitrogens with two attached hydrogens (primary N) is 1. The zero-order valence-electron chi connectivity index (χ0n) is 9.30. The molecule has 0 spiro atoms. The van der Waals surface area contributed by atoms with Gasteiger partial charge < -0.3 is 10.3 Å². The zero-order valence-corrected chi connectivity index (χ0v) is 10.1. The van der Waals surface area contributed by atoms with E-state index in [0.29, 0.717) is 17.1 Å².